The van der Waals surface area contributed by atoms with E-state index >= 15 is 0 Å². The van der Waals surface area contributed by atoms with Crippen molar-refractivity contribution in [3.8, 4) is 5.75 Å². The molecule has 2 nitrogen and oxygen atoms in total. The summed E-state index contributed by atoms with van der Waals surface area (Å²) in [6, 6.07) is 6.11. The summed E-state index contributed by atoms with van der Waals surface area (Å²) in [6.45, 7) is 2.00. The van der Waals surface area contributed by atoms with Crippen LogP contribution in [-0.2, 0) is 6.42 Å². The largest absolute Gasteiger partial charge is 0.536 e. The zero-order valence-corrected chi connectivity index (χ0v) is 9.17. The summed E-state index contributed by atoms with van der Waals surface area (Å²) < 4.78 is 5.50. The van der Waals surface area contributed by atoms with E-state index in [1.54, 1.807) is 11.8 Å². The average Bonchev–Trinajstić information content (AvgIpc) is 2.19. The third kappa shape index (κ3) is 1.64. The number of rotatable bonds is 1. The van der Waals surface area contributed by atoms with Crippen molar-refractivity contribution in [3.63, 3.8) is 0 Å². The number of benzene rings is 1. The van der Waals surface area contributed by atoms with Gasteiger partial charge >= 0.3 is 7.12 Å². The highest BCUT2D eigenvalue weighted by atomic mass is 32.2. The van der Waals surface area contributed by atoms with Crippen LogP contribution >= 0.6 is 11.8 Å². The molecule has 74 valence electrons. The zero-order valence-electron chi connectivity index (χ0n) is 8.36. The number of aryl methyl sites for hydroxylation is 1. The molecule has 0 amide bonds. The van der Waals surface area contributed by atoms with Crippen molar-refractivity contribution < 1.29 is 9.68 Å². The van der Waals surface area contributed by atoms with Crippen LogP contribution in [0.1, 0.15) is 11.1 Å². The molecular weight excluding hydrogens is 195 g/mol. The van der Waals surface area contributed by atoms with Crippen LogP contribution in [0.3, 0.4) is 0 Å². The Morgan fingerprint density at radius 1 is 1.57 bits per heavy atom. The molecule has 1 aliphatic rings. The van der Waals surface area contributed by atoms with Gasteiger partial charge in [-0.15, -0.1) is 0 Å². The molecule has 0 aromatic heterocycles. The molecule has 0 saturated carbocycles. The third-order valence-corrected chi connectivity index (χ3v) is 3.58. The molecule has 1 atom stereocenters. The van der Waals surface area contributed by atoms with E-state index in [0.717, 1.165) is 17.7 Å². The van der Waals surface area contributed by atoms with Crippen LogP contribution in [0, 0.1) is 6.92 Å². The van der Waals surface area contributed by atoms with Gasteiger partial charge in [0.1, 0.15) is 5.75 Å². The van der Waals surface area contributed by atoms with Crippen LogP contribution in [-0.4, -0.2) is 23.5 Å². The first-order chi connectivity index (χ1) is 6.72. The van der Waals surface area contributed by atoms with Crippen molar-refractivity contribution in [2.24, 2.45) is 0 Å². The Labute approximate surface area is 88.8 Å². The van der Waals surface area contributed by atoms with Gasteiger partial charge in [0.15, 0.2) is 0 Å². The van der Waals surface area contributed by atoms with Gasteiger partial charge in [-0.2, -0.15) is 11.8 Å². The van der Waals surface area contributed by atoms with E-state index in [2.05, 4.69) is 6.07 Å². The molecule has 0 aliphatic carbocycles. The predicted octanol–water partition coefficient (Wildman–Crippen LogP) is 1.68. The fourth-order valence-corrected chi connectivity index (χ4v) is 2.39. The zero-order chi connectivity index (χ0) is 10.1. The molecule has 0 bridgehead atoms. The second-order valence-corrected chi connectivity index (χ2v) is 4.63. The fourth-order valence-electron chi connectivity index (χ4n) is 1.76. The number of para-hydroxylation sites is 1. The van der Waals surface area contributed by atoms with Crippen LogP contribution in [0.5, 0.6) is 5.75 Å². The molecule has 1 aromatic rings. The van der Waals surface area contributed by atoms with Crippen molar-refractivity contribution in [2.45, 2.75) is 18.5 Å². The number of hydrogen-bond acceptors (Lipinski definition) is 3. The summed E-state index contributed by atoms with van der Waals surface area (Å²) >= 11 is 1.65. The quantitative estimate of drug-likeness (QED) is 0.712. The lowest BCUT2D eigenvalue weighted by Gasteiger charge is -2.27. The lowest BCUT2D eigenvalue weighted by Crippen LogP contribution is -2.40. The van der Waals surface area contributed by atoms with E-state index in [0.29, 0.717) is 0 Å². The standard InChI is InChI=1S/C10H13BO2S/c1-7-4-3-5-8-6-9(14-2)11(12)13-10(7)8/h3-5,9,12H,6H2,1-2H3. The second kappa shape index (κ2) is 3.87. The maximum absolute atomic E-state index is 9.70. The van der Waals surface area contributed by atoms with Crippen LogP contribution in [0.4, 0.5) is 0 Å². The number of fused-ring (bicyclic) bond motifs is 1. The van der Waals surface area contributed by atoms with E-state index in [1.807, 2.05) is 25.3 Å². The molecule has 1 aromatic carbocycles. The predicted molar refractivity (Wildman–Crippen MR) is 60.8 cm³/mol. The first kappa shape index (κ1) is 9.93. The molecule has 4 heteroatoms. The summed E-state index contributed by atoms with van der Waals surface area (Å²) in [5, 5.41) is 9.85. The molecule has 0 fully saturated rings. The van der Waals surface area contributed by atoms with Gasteiger partial charge in [-0.05, 0) is 30.7 Å². The van der Waals surface area contributed by atoms with E-state index in [9.17, 15) is 5.02 Å². The monoisotopic (exact) mass is 208 g/mol. The second-order valence-electron chi connectivity index (χ2n) is 3.55. The normalized spacial score (nSPS) is 20.2. The van der Waals surface area contributed by atoms with Gasteiger partial charge in [0.2, 0.25) is 0 Å². The van der Waals surface area contributed by atoms with Crippen molar-refractivity contribution >= 4 is 18.9 Å². The molecular formula is C10H13BO2S. The van der Waals surface area contributed by atoms with Gasteiger partial charge in [-0.1, -0.05) is 18.2 Å². The van der Waals surface area contributed by atoms with E-state index in [1.165, 1.54) is 5.56 Å². The highest BCUT2D eigenvalue weighted by molar-refractivity contribution is 8.00. The van der Waals surface area contributed by atoms with Crippen LogP contribution < -0.4 is 4.65 Å². The van der Waals surface area contributed by atoms with Gasteiger partial charge in [-0.25, -0.2) is 0 Å². The molecule has 0 spiro atoms. The van der Waals surface area contributed by atoms with Gasteiger partial charge in [-0.3, -0.25) is 0 Å². The molecule has 0 saturated heterocycles. The Balaban J connectivity index is 2.35. The molecule has 1 heterocycles. The van der Waals surface area contributed by atoms with Gasteiger partial charge in [0.25, 0.3) is 0 Å². The minimum Gasteiger partial charge on any atom is -0.535 e. The van der Waals surface area contributed by atoms with Crippen LogP contribution in [0.25, 0.3) is 0 Å². The maximum atomic E-state index is 9.70. The maximum Gasteiger partial charge on any atom is 0.536 e. The summed E-state index contributed by atoms with van der Waals surface area (Å²) in [4.78, 5) is 0. The lowest BCUT2D eigenvalue weighted by molar-refractivity contribution is 0.394. The van der Waals surface area contributed by atoms with Crippen molar-refractivity contribution in [1.82, 2.24) is 0 Å². The van der Waals surface area contributed by atoms with E-state index < -0.39 is 7.12 Å². The Kier molecular flexibility index (Phi) is 2.74. The van der Waals surface area contributed by atoms with Gasteiger partial charge in [0.05, 0.1) is 5.15 Å². The Morgan fingerprint density at radius 2 is 2.36 bits per heavy atom. The smallest absolute Gasteiger partial charge is 0.535 e. The fraction of sp³-hybridized carbons (Fsp3) is 0.400. The Bertz CT molecular complexity index is 343. The van der Waals surface area contributed by atoms with E-state index in [4.69, 9.17) is 4.65 Å². The summed E-state index contributed by atoms with van der Waals surface area (Å²) in [6.07, 6.45) is 2.89. The lowest BCUT2D eigenvalue weighted by atomic mass is 9.77. The first-order valence-corrected chi connectivity index (χ1v) is 5.97. The molecule has 1 N–H and O–H groups in total. The summed E-state index contributed by atoms with van der Waals surface area (Å²) in [5.74, 6) is 0.866. The third-order valence-electron chi connectivity index (χ3n) is 2.57. The Hall–Kier alpha value is -0.605. The molecule has 2 rings (SSSR count). The molecule has 1 aliphatic heterocycles. The van der Waals surface area contributed by atoms with Crippen LogP contribution in [0.2, 0.25) is 0 Å². The summed E-state index contributed by atoms with van der Waals surface area (Å²) in [5.41, 5.74) is 2.30. The topological polar surface area (TPSA) is 29.5 Å². The molecule has 0 radical (unpaired) electrons. The minimum absolute atomic E-state index is 0.157. The number of thioether (sulfide) groups is 1. The molecule has 1 unspecified atom stereocenters. The van der Waals surface area contributed by atoms with Gasteiger partial charge in [0, 0.05) is 0 Å². The van der Waals surface area contributed by atoms with Crippen molar-refractivity contribution in [1.29, 1.82) is 0 Å². The van der Waals surface area contributed by atoms with Gasteiger partial charge < -0.3 is 9.68 Å². The van der Waals surface area contributed by atoms with Crippen molar-refractivity contribution in [3.05, 3.63) is 29.3 Å². The van der Waals surface area contributed by atoms with Crippen LogP contribution in [0.15, 0.2) is 18.2 Å². The minimum atomic E-state index is -0.668. The van der Waals surface area contributed by atoms with E-state index in [-0.39, 0.29) is 5.15 Å². The average molecular weight is 208 g/mol. The number of hydrogen-bond donors (Lipinski definition) is 1. The SMILES string of the molecule is CSC1Cc2cccc(C)c2OB1O. The molecule has 14 heavy (non-hydrogen) atoms. The highest BCUT2D eigenvalue weighted by Crippen LogP contribution is 2.32. The highest BCUT2D eigenvalue weighted by Gasteiger charge is 2.34. The Morgan fingerprint density at radius 3 is 3.07 bits per heavy atom. The summed E-state index contributed by atoms with van der Waals surface area (Å²) in [7, 11) is -0.668. The van der Waals surface area contributed by atoms with Crippen molar-refractivity contribution in [2.75, 3.05) is 6.26 Å². The first-order valence-electron chi connectivity index (χ1n) is 4.68.